The number of para-hydroxylation sites is 2. The van der Waals surface area contributed by atoms with Gasteiger partial charge in [-0.1, -0.05) is 30.3 Å². The quantitative estimate of drug-likeness (QED) is 0.603. The fourth-order valence-corrected chi connectivity index (χ4v) is 2.47. The molecular formula is C16H11N3O. The molecule has 2 aromatic carbocycles. The zero-order valence-electron chi connectivity index (χ0n) is 10.6. The third-order valence-electron chi connectivity index (χ3n) is 3.36. The molecule has 1 N–H and O–H groups in total. The maximum absolute atomic E-state index is 12.1. The van der Waals surface area contributed by atoms with Crippen molar-refractivity contribution in [3.8, 4) is 0 Å². The van der Waals surface area contributed by atoms with E-state index in [2.05, 4.69) is 10.3 Å². The monoisotopic (exact) mass is 261 g/mol. The van der Waals surface area contributed by atoms with E-state index in [1.165, 1.54) is 0 Å². The molecule has 96 valence electrons. The second kappa shape index (κ2) is 4.06. The number of hydrogen-bond acceptors (Lipinski definition) is 3. The van der Waals surface area contributed by atoms with Gasteiger partial charge in [0.2, 0.25) is 5.95 Å². The van der Waals surface area contributed by atoms with Gasteiger partial charge in [0.05, 0.1) is 11.0 Å². The van der Waals surface area contributed by atoms with Crippen LogP contribution in [0.4, 0.5) is 11.6 Å². The zero-order valence-corrected chi connectivity index (χ0v) is 10.6. The minimum Gasteiger partial charge on any atom is -0.325 e. The minimum absolute atomic E-state index is 0.0790. The van der Waals surface area contributed by atoms with E-state index in [9.17, 15) is 4.79 Å². The predicted octanol–water partition coefficient (Wildman–Crippen LogP) is 3.03. The smallest absolute Gasteiger partial charge is 0.258 e. The number of rotatable bonds is 2. The van der Waals surface area contributed by atoms with E-state index in [1.54, 1.807) is 10.5 Å². The number of anilines is 2. The fraction of sp³-hybridized carbons (Fsp3) is 0. The molecule has 0 aliphatic carbocycles. The van der Waals surface area contributed by atoms with Crippen LogP contribution in [-0.4, -0.2) is 9.38 Å². The van der Waals surface area contributed by atoms with Gasteiger partial charge in [0, 0.05) is 17.1 Å². The van der Waals surface area contributed by atoms with Gasteiger partial charge >= 0.3 is 0 Å². The largest absolute Gasteiger partial charge is 0.325 e. The van der Waals surface area contributed by atoms with Crippen LogP contribution in [0.3, 0.4) is 0 Å². The number of imidazole rings is 1. The molecule has 4 aromatic rings. The van der Waals surface area contributed by atoms with Crippen molar-refractivity contribution in [3.05, 3.63) is 71.0 Å². The van der Waals surface area contributed by atoms with Gasteiger partial charge in [0.25, 0.3) is 5.56 Å². The number of hydrogen-bond donors (Lipinski definition) is 1. The standard InChI is InChI=1S/C16H11N3O/c20-14-10-9-11-5-4-8-13-15(11)19(14)16(18-13)17-12-6-2-1-3-7-12/h1-10H,(H,17,18). The lowest BCUT2D eigenvalue weighted by Crippen LogP contribution is -2.12. The molecule has 0 radical (unpaired) electrons. The van der Waals surface area contributed by atoms with Gasteiger partial charge in [-0.05, 0) is 24.3 Å². The summed E-state index contributed by atoms with van der Waals surface area (Å²) in [4.78, 5) is 16.7. The SMILES string of the molecule is O=c1ccc2cccc3nc(Nc4ccccc4)n1c23. The van der Waals surface area contributed by atoms with Crippen LogP contribution in [0.25, 0.3) is 16.4 Å². The van der Waals surface area contributed by atoms with Gasteiger partial charge in [0.15, 0.2) is 0 Å². The topological polar surface area (TPSA) is 46.4 Å². The van der Waals surface area contributed by atoms with Crippen molar-refractivity contribution in [2.75, 3.05) is 5.32 Å². The number of aromatic nitrogens is 2. The summed E-state index contributed by atoms with van der Waals surface area (Å²) in [7, 11) is 0. The molecule has 0 saturated carbocycles. The summed E-state index contributed by atoms with van der Waals surface area (Å²) in [6.07, 6.45) is 0. The number of pyridine rings is 1. The Labute approximate surface area is 114 Å². The van der Waals surface area contributed by atoms with Gasteiger partial charge in [-0.25, -0.2) is 9.38 Å². The molecule has 0 unspecified atom stereocenters. The molecule has 0 aliphatic heterocycles. The summed E-state index contributed by atoms with van der Waals surface area (Å²) in [5.41, 5.74) is 2.50. The van der Waals surface area contributed by atoms with E-state index in [4.69, 9.17) is 0 Å². The highest BCUT2D eigenvalue weighted by atomic mass is 16.1. The van der Waals surface area contributed by atoms with Crippen LogP contribution in [0.15, 0.2) is 65.5 Å². The summed E-state index contributed by atoms with van der Waals surface area (Å²) in [6, 6.07) is 19.0. The summed E-state index contributed by atoms with van der Waals surface area (Å²) in [5.74, 6) is 0.549. The molecule has 2 aromatic heterocycles. The molecule has 20 heavy (non-hydrogen) atoms. The first-order chi connectivity index (χ1) is 9.83. The van der Waals surface area contributed by atoms with E-state index >= 15 is 0 Å². The van der Waals surface area contributed by atoms with Gasteiger partial charge in [-0.15, -0.1) is 0 Å². The van der Waals surface area contributed by atoms with E-state index < -0.39 is 0 Å². The lowest BCUT2D eigenvalue weighted by molar-refractivity contribution is 1.10. The maximum atomic E-state index is 12.1. The van der Waals surface area contributed by atoms with Gasteiger partial charge < -0.3 is 5.32 Å². The summed E-state index contributed by atoms with van der Waals surface area (Å²) >= 11 is 0. The molecule has 0 spiro atoms. The van der Waals surface area contributed by atoms with Crippen LogP contribution < -0.4 is 10.9 Å². The van der Waals surface area contributed by atoms with Crippen LogP contribution in [0.2, 0.25) is 0 Å². The van der Waals surface area contributed by atoms with Crippen molar-refractivity contribution >= 4 is 28.1 Å². The highest BCUT2D eigenvalue weighted by Gasteiger charge is 2.12. The van der Waals surface area contributed by atoms with Crippen molar-refractivity contribution < 1.29 is 0 Å². The third kappa shape index (κ3) is 1.55. The van der Waals surface area contributed by atoms with Gasteiger partial charge in [-0.3, -0.25) is 4.79 Å². The second-order valence-electron chi connectivity index (χ2n) is 4.65. The first-order valence-corrected chi connectivity index (χ1v) is 6.39. The molecular weight excluding hydrogens is 250 g/mol. The Hall–Kier alpha value is -2.88. The number of nitrogens with zero attached hydrogens (tertiary/aromatic N) is 2. The molecule has 0 aliphatic rings. The van der Waals surface area contributed by atoms with Crippen LogP contribution in [0.1, 0.15) is 0 Å². The number of nitrogens with one attached hydrogen (secondary N) is 1. The average molecular weight is 261 g/mol. The lowest BCUT2D eigenvalue weighted by atomic mass is 10.2. The second-order valence-corrected chi connectivity index (χ2v) is 4.65. The summed E-state index contributed by atoms with van der Waals surface area (Å²) in [6.45, 7) is 0. The molecule has 0 fully saturated rings. The molecule has 4 rings (SSSR count). The minimum atomic E-state index is -0.0790. The molecule has 0 amide bonds. The van der Waals surface area contributed by atoms with Crippen molar-refractivity contribution in [2.24, 2.45) is 0 Å². The predicted molar refractivity (Wildman–Crippen MR) is 79.9 cm³/mol. The molecule has 2 heterocycles. The normalized spacial score (nSPS) is 11.2. The Morgan fingerprint density at radius 2 is 1.75 bits per heavy atom. The fourth-order valence-electron chi connectivity index (χ4n) is 2.47. The van der Waals surface area contributed by atoms with Crippen LogP contribution in [0.5, 0.6) is 0 Å². The van der Waals surface area contributed by atoms with E-state index in [-0.39, 0.29) is 5.56 Å². The van der Waals surface area contributed by atoms with E-state index in [1.807, 2.05) is 54.6 Å². The van der Waals surface area contributed by atoms with E-state index in [0.717, 1.165) is 22.1 Å². The van der Waals surface area contributed by atoms with Crippen molar-refractivity contribution in [3.63, 3.8) is 0 Å². The van der Waals surface area contributed by atoms with Crippen molar-refractivity contribution in [2.45, 2.75) is 0 Å². The Morgan fingerprint density at radius 1 is 0.900 bits per heavy atom. The number of benzene rings is 2. The first-order valence-electron chi connectivity index (χ1n) is 6.39. The van der Waals surface area contributed by atoms with Crippen LogP contribution >= 0.6 is 0 Å². The summed E-state index contributed by atoms with van der Waals surface area (Å²) in [5, 5.41) is 4.21. The van der Waals surface area contributed by atoms with Crippen molar-refractivity contribution in [1.82, 2.24) is 9.38 Å². The maximum Gasteiger partial charge on any atom is 0.258 e. The highest BCUT2D eigenvalue weighted by Crippen LogP contribution is 2.24. The van der Waals surface area contributed by atoms with Crippen molar-refractivity contribution in [1.29, 1.82) is 0 Å². The average Bonchev–Trinajstić information content (AvgIpc) is 2.84. The molecule has 0 bridgehead atoms. The Morgan fingerprint density at radius 3 is 2.60 bits per heavy atom. The molecule has 4 heteroatoms. The van der Waals surface area contributed by atoms with Crippen LogP contribution in [-0.2, 0) is 0 Å². The molecule has 0 atom stereocenters. The Kier molecular flexibility index (Phi) is 2.23. The Bertz CT molecular complexity index is 944. The molecule has 0 saturated heterocycles. The summed E-state index contributed by atoms with van der Waals surface area (Å²) < 4.78 is 1.62. The lowest BCUT2D eigenvalue weighted by Gasteiger charge is -2.04. The third-order valence-corrected chi connectivity index (χ3v) is 3.36. The van der Waals surface area contributed by atoms with Gasteiger partial charge in [-0.2, -0.15) is 0 Å². The first kappa shape index (κ1) is 11.0. The zero-order chi connectivity index (χ0) is 13.5. The Balaban J connectivity index is 2.00. The molecule has 4 nitrogen and oxygen atoms in total. The van der Waals surface area contributed by atoms with E-state index in [0.29, 0.717) is 5.95 Å². The highest BCUT2D eigenvalue weighted by molar-refractivity contribution is 5.95. The van der Waals surface area contributed by atoms with Crippen LogP contribution in [0, 0.1) is 0 Å². The van der Waals surface area contributed by atoms with Gasteiger partial charge in [0.1, 0.15) is 0 Å².